The molecule has 3 aromatic carbocycles. The van der Waals surface area contributed by atoms with Crippen molar-refractivity contribution in [3.05, 3.63) is 133 Å². The van der Waals surface area contributed by atoms with Crippen LogP contribution in [0.25, 0.3) is 0 Å². The van der Waals surface area contributed by atoms with Crippen LogP contribution in [0.2, 0.25) is 0 Å². The molecule has 1 aliphatic heterocycles. The summed E-state index contributed by atoms with van der Waals surface area (Å²) < 4.78 is 26.1. The van der Waals surface area contributed by atoms with Crippen molar-refractivity contribution in [3.8, 4) is 11.5 Å². The first-order valence-electron chi connectivity index (χ1n) is 22.2. The standard InChI is InChI=1S/C50H63N3O9/c1-4-7-30-58-49(57)53(26-5-2)45-33-43(52-60-35-37-20-12-9-13-21-37)41-31-38(22-14-16-27-54)40(23-15-17-28-55)46-42-32-39(61-48(56)51-34-36-18-10-8-11-19-36)24-25-44(42)62-50(45,47(41)46)59-29-6-3/h4,6,8-13,18-21,24-25,31-32,38,40,45-47,54-55H,1,3,5,7,14-17,22-23,26-30,33-35H2,2H3,(H,51,56)/t38-,40+,45-,46+,47+,50+/m0/s1. The molecule has 12 heteroatoms. The first-order valence-corrected chi connectivity index (χ1v) is 22.2. The molecular weight excluding hydrogens is 787 g/mol. The summed E-state index contributed by atoms with van der Waals surface area (Å²) in [6.45, 7) is 11.2. The number of carbonyl (C=O) groups excluding carboxylic acids is 2. The minimum atomic E-state index is -1.44. The van der Waals surface area contributed by atoms with Gasteiger partial charge in [-0.25, -0.2) is 9.59 Å². The molecule has 1 fully saturated rings. The van der Waals surface area contributed by atoms with Gasteiger partial charge < -0.3 is 39.3 Å². The average molecular weight is 850 g/mol. The Bertz CT molecular complexity index is 1990. The van der Waals surface area contributed by atoms with Gasteiger partial charge >= 0.3 is 12.2 Å². The molecule has 3 aliphatic rings. The molecule has 1 saturated carbocycles. The first-order chi connectivity index (χ1) is 30.4. The van der Waals surface area contributed by atoms with Gasteiger partial charge in [0.05, 0.1) is 24.8 Å². The van der Waals surface area contributed by atoms with E-state index in [-0.39, 0.29) is 57.2 Å². The number of oxime groups is 1. The number of allylic oxidation sites excluding steroid dienone is 1. The SMILES string of the molecule is C=CCCOC(=O)N(CCC)[C@H]1CC(=NOCc2ccccc2)C2=C[C@H](CCCCO)[C@@H](CCCCO)[C@@H]3c4cc(OC(=O)NCc5ccccc5)ccc4O[C@@]1(OCC=C)[C@H]23. The van der Waals surface area contributed by atoms with Crippen molar-refractivity contribution in [2.45, 2.75) is 95.6 Å². The number of aliphatic hydroxyl groups excluding tert-OH is 2. The van der Waals surface area contributed by atoms with E-state index in [1.165, 1.54) is 0 Å². The lowest BCUT2D eigenvalue weighted by Gasteiger charge is -2.59. The first kappa shape index (κ1) is 46.1. The summed E-state index contributed by atoms with van der Waals surface area (Å²) in [5.74, 6) is -1.33. The van der Waals surface area contributed by atoms with Crippen LogP contribution in [0, 0.1) is 17.8 Å². The number of ether oxygens (including phenoxy) is 4. The minimum absolute atomic E-state index is 0.00471. The number of hydrogen-bond donors (Lipinski definition) is 3. The molecule has 0 saturated heterocycles. The lowest BCUT2D eigenvalue weighted by Crippen LogP contribution is -2.70. The summed E-state index contributed by atoms with van der Waals surface area (Å²) >= 11 is 0. The molecule has 0 spiro atoms. The summed E-state index contributed by atoms with van der Waals surface area (Å²) in [6, 6.07) is 24.2. The Labute approximate surface area is 366 Å². The van der Waals surface area contributed by atoms with Crippen molar-refractivity contribution in [1.82, 2.24) is 10.2 Å². The van der Waals surface area contributed by atoms with Crippen LogP contribution >= 0.6 is 0 Å². The van der Waals surface area contributed by atoms with Gasteiger partial charge in [0.15, 0.2) is 0 Å². The molecule has 1 heterocycles. The van der Waals surface area contributed by atoms with E-state index >= 15 is 0 Å². The monoisotopic (exact) mass is 849 g/mol. The molecule has 3 aromatic rings. The Morgan fingerprint density at radius 1 is 0.952 bits per heavy atom. The average Bonchev–Trinajstić information content (AvgIpc) is 3.29. The highest BCUT2D eigenvalue weighted by molar-refractivity contribution is 6.03. The number of rotatable bonds is 23. The van der Waals surface area contributed by atoms with Gasteiger partial charge in [0.2, 0.25) is 5.79 Å². The summed E-state index contributed by atoms with van der Waals surface area (Å²) in [7, 11) is 0. The zero-order chi connectivity index (χ0) is 43.7. The normalized spacial score (nSPS) is 22.9. The smallest absolute Gasteiger partial charge is 0.412 e. The summed E-state index contributed by atoms with van der Waals surface area (Å²) in [5.41, 5.74) is 4.33. The molecule has 62 heavy (non-hydrogen) atoms. The van der Waals surface area contributed by atoms with E-state index in [1.807, 2.05) is 79.7 Å². The van der Waals surface area contributed by atoms with E-state index < -0.39 is 29.9 Å². The zero-order valence-electron chi connectivity index (χ0n) is 36.0. The predicted molar refractivity (Wildman–Crippen MR) is 239 cm³/mol. The molecule has 0 unspecified atom stereocenters. The molecule has 3 N–H and O–H groups in total. The van der Waals surface area contributed by atoms with Crippen molar-refractivity contribution < 1.29 is 43.6 Å². The largest absolute Gasteiger partial charge is 0.459 e. The van der Waals surface area contributed by atoms with Crippen LogP contribution in [-0.2, 0) is 27.5 Å². The van der Waals surface area contributed by atoms with Crippen molar-refractivity contribution in [2.24, 2.45) is 22.9 Å². The van der Waals surface area contributed by atoms with Crippen molar-refractivity contribution >= 4 is 17.9 Å². The number of nitrogens with one attached hydrogen (secondary N) is 1. The third-order valence-corrected chi connectivity index (χ3v) is 12.0. The zero-order valence-corrected chi connectivity index (χ0v) is 36.0. The lowest BCUT2D eigenvalue weighted by atomic mass is 9.55. The quantitative estimate of drug-likeness (QED) is 0.0483. The number of benzene rings is 3. The molecule has 2 amide bonds. The number of amides is 2. The van der Waals surface area contributed by atoms with Gasteiger partial charge in [0, 0.05) is 44.2 Å². The lowest BCUT2D eigenvalue weighted by molar-refractivity contribution is -0.255. The Kier molecular flexibility index (Phi) is 17.2. The van der Waals surface area contributed by atoms with Gasteiger partial charge in [-0.2, -0.15) is 0 Å². The van der Waals surface area contributed by atoms with E-state index in [2.05, 4.69) is 24.6 Å². The van der Waals surface area contributed by atoms with E-state index in [9.17, 15) is 19.8 Å². The fourth-order valence-electron chi connectivity index (χ4n) is 9.31. The molecular formula is C50H63N3O9. The van der Waals surface area contributed by atoms with Crippen LogP contribution in [0.3, 0.4) is 0 Å². The Morgan fingerprint density at radius 3 is 2.37 bits per heavy atom. The van der Waals surface area contributed by atoms with Crippen LogP contribution in [-0.4, -0.2) is 77.8 Å². The number of aliphatic hydroxyl groups is 2. The van der Waals surface area contributed by atoms with E-state index in [0.29, 0.717) is 56.0 Å². The van der Waals surface area contributed by atoms with Crippen molar-refractivity contribution in [3.63, 3.8) is 0 Å². The molecule has 0 aromatic heterocycles. The van der Waals surface area contributed by atoms with Crippen LogP contribution < -0.4 is 14.8 Å². The third kappa shape index (κ3) is 11.1. The highest BCUT2D eigenvalue weighted by atomic mass is 16.7. The van der Waals surface area contributed by atoms with Gasteiger partial charge in [0.1, 0.15) is 24.1 Å². The Balaban J connectivity index is 1.52. The van der Waals surface area contributed by atoms with Crippen molar-refractivity contribution in [2.75, 3.05) is 33.0 Å². The van der Waals surface area contributed by atoms with Gasteiger partial charge in [-0.15, -0.1) is 13.2 Å². The maximum atomic E-state index is 14.3. The molecule has 332 valence electrons. The number of hydrogen-bond acceptors (Lipinski definition) is 10. The number of fused-ring (bicyclic) bond motifs is 2. The second-order valence-electron chi connectivity index (χ2n) is 16.1. The van der Waals surface area contributed by atoms with Gasteiger partial charge in [-0.05, 0) is 85.3 Å². The highest BCUT2D eigenvalue weighted by Gasteiger charge is 2.65. The predicted octanol–water partition coefficient (Wildman–Crippen LogP) is 9.23. The third-order valence-electron chi connectivity index (χ3n) is 12.0. The molecule has 6 rings (SSSR count). The van der Waals surface area contributed by atoms with Crippen LogP contribution in [0.15, 0.2) is 121 Å². The molecule has 0 radical (unpaired) electrons. The number of nitrogens with zero attached hydrogens (tertiary/aromatic N) is 2. The molecule has 2 aliphatic carbocycles. The highest BCUT2D eigenvalue weighted by Crippen LogP contribution is 2.62. The topological polar surface area (TPSA) is 148 Å². The maximum Gasteiger partial charge on any atom is 0.412 e. The Hall–Kier alpha value is -5.43. The van der Waals surface area contributed by atoms with Gasteiger partial charge in [-0.3, -0.25) is 4.90 Å². The second kappa shape index (κ2) is 23.1. The van der Waals surface area contributed by atoms with Crippen molar-refractivity contribution in [1.29, 1.82) is 0 Å². The maximum absolute atomic E-state index is 14.3. The van der Waals surface area contributed by atoms with E-state index in [4.69, 9.17) is 28.9 Å². The second-order valence-corrected chi connectivity index (χ2v) is 16.1. The molecule has 12 nitrogen and oxygen atoms in total. The van der Waals surface area contributed by atoms with Crippen LogP contribution in [0.5, 0.6) is 11.5 Å². The minimum Gasteiger partial charge on any atom is -0.459 e. The van der Waals surface area contributed by atoms with Crippen LogP contribution in [0.4, 0.5) is 9.59 Å². The molecule has 6 atom stereocenters. The van der Waals surface area contributed by atoms with Crippen LogP contribution in [0.1, 0.15) is 87.3 Å². The van der Waals surface area contributed by atoms with E-state index in [0.717, 1.165) is 47.9 Å². The summed E-state index contributed by atoms with van der Waals surface area (Å²) in [6.07, 6.45) is 10.4. The van der Waals surface area contributed by atoms with E-state index in [1.54, 1.807) is 23.1 Å². The van der Waals surface area contributed by atoms with Gasteiger partial charge in [0.25, 0.3) is 0 Å². The molecule has 0 bridgehead atoms. The summed E-state index contributed by atoms with van der Waals surface area (Å²) in [5, 5.41) is 27.6. The van der Waals surface area contributed by atoms with Gasteiger partial charge in [-0.1, -0.05) is 104 Å². The Morgan fingerprint density at radius 2 is 1.68 bits per heavy atom. The number of unbranched alkanes of at least 4 members (excludes halogenated alkanes) is 2. The fourth-order valence-corrected chi connectivity index (χ4v) is 9.31. The summed E-state index contributed by atoms with van der Waals surface area (Å²) in [4.78, 5) is 35.4. The fraction of sp³-hybridized carbons (Fsp3) is 0.460. The number of carbonyl (C=O) groups is 2.